The summed E-state index contributed by atoms with van der Waals surface area (Å²) in [5.41, 5.74) is 2.18. The summed E-state index contributed by atoms with van der Waals surface area (Å²) < 4.78 is 0. The highest BCUT2D eigenvalue weighted by Gasteiger charge is 2.21. The fraction of sp³-hybridized carbons (Fsp3) is 0.400. The lowest BCUT2D eigenvalue weighted by Crippen LogP contribution is -2.33. The van der Waals surface area contributed by atoms with Crippen LogP contribution in [-0.4, -0.2) is 41.4 Å². The monoisotopic (exact) mass is 290 g/mol. The van der Waals surface area contributed by atoms with Crippen LogP contribution in [0.15, 0.2) is 18.2 Å². The van der Waals surface area contributed by atoms with Gasteiger partial charge in [0.2, 0.25) is 5.91 Å². The van der Waals surface area contributed by atoms with E-state index in [1.165, 1.54) is 4.90 Å². The molecule has 1 heterocycles. The molecule has 112 valence electrons. The van der Waals surface area contributed by atoms with Gasteiger partial charge in [-0.15, -0.1) is 0 Å². The van der Waals surface area contributed by atoms with Crippen LogP contribution in [0.1, 0.15) is 29.3 Å². The average Bonchev–Trinajstić information content (AvgIpc) is 2.45. The topological polar surface area (TPSA) is 86.7 Å². The molecule has 1 unspecified atom stereocenters. The van der Waals surface area contributed by atoms with Gasteiger partial charge in [0, 0.05) is 31.3 Å². The minimum atomic E-state index is -0.928. The fourth-order valence-corrected chi connectivity index (χ4v) is 2.31. The summed E-state index contributed by atoms with van der Waals surface area (Å²) in [7, 11) is 1.59. The van der Waals surface area contributed by atoms with E-state index < -0.39 is 11.9 Å². The van der Waals surface area contributed by atoms with Crippen LogP contribution in [0.25, 0.3) is 0 Å². The van der Waals surface area contributed by atoms with E-state index in [4.69, 9.17) is 5.11 Å². The van der Waals surface area contributed by atoms with Crippen molar-refractivity contribution in [1.82, 2.24) is 4.90 Å². The van der Waals surface area contributed by atoms with Crippen LogP contribution in [0.2, 0.25) is 0 Å². The molecule has 0 aromatic heterocycles. The van der Waals surface area contributed by atoms with Gasteiger partial charge in [-0.3, -0.25) is 14.4 Å². The summed E-state index contributed by atoms with van der Waals surface area (Å²) >= 11 is 0. The second-order valence-corrected chi connectivity index (χ2v) is 5.35. The van der Waals surface area contributed by atoms with Crippen LogP contribution >= 0.6 is 0 Å². The molecule has 1 aliphatic rings. The Morgan fingerprint density at radius 3 is 2.76 bits per heavy atom. The first-order valence-electron chi connectivity index (χ1n) is 6.79. The van der Waals surface area contributed by atoms with Crippen molar-refractivity contribution in [3.05, 3.63) is 29.3 Å². The molecule has 2 N–H and O–H groups in total. The van der Waals surface area contributed by atoms with Crippen LogP contribution in [-0.2, 0) is 16.0 Å². The Morgan fingerprint density at radius 1 is 1.38 bits per heavy atom. The zero-order valence-electron chi connectivity index (χ0n) is 12.0. The number of nitrogens with zero attached hydrogens (tertiary/aromatic N) is 1. The van der Waals surface area contributed by atoms with Gasteiger partial charge in [0.1, 0.15) is 0 Å². The Kier molecular flexibility index (Phi) is 4.26. The number of benzene rings is 1. The number of hydrogen-bond donors (Lipinski definition) is 2. The quantitative estimate of drug-likeness (QED) is 0.876. The van der Waals surface area contributed by atoms with E-state index >= 15 is 0 Å². The van der Waals surface area contributed by atoms with Gasteiger partial charge in [0.15, 0.2) is 0 Å². The Hall–Kier alpha value is -2.37. The van der Waals surface area contributed by atoms with Crippen LogP contribution in [0.3, 0.4) is 0 Å². The van der Waals surface area contributed by atoms with Crippen molar-refractivity contribution >= 4 is 23.5 Å². The third-order valence-corrected chi connectivity index (χ3v) is 3.56. The number of carbonyl (C=O) groups is 3. The van der Waals surface area contributed by atoms with Crippen LogP contribution in [0.4, 0.5) is 5.69 Å². The fourth-order valence-electron chi connectivity index (χ4n) is 2.31. The Morgan fingerprint density at radius 2 is 2.10 bits per heavy atom. The first-order valence-corrected chi connectivity index (χ1v) is 6.79. The third kappa shape index (κ3) is 3.39. The maximum absolute atomic E-state index is 12.3. The van der Waals surface area contributed by atoms with Crippen LogP contribution in [0, 0.1) is 5.92 Å². The number of carboxylic acids is 1. The van der Waals surface area contributed by atoms with E-state index in [1.807, 2.05) is 0 Å². The number of rotatable bonds is 4. The molecule has 0 spiro atoms. The van der Waals surface area contributed by atoms with E-state index in [2.05, 4.69) is 5.32 Å². The second kappa shape index (κ2) is 5.95. The summed E-state index contributed by atoms with van der Waals surface area (Å²) in [4.78, 5) is 35.8. The maximum atomic E-state index is 12.3. The molecular weight excluding hydrogens is 272 g/mol. The van der Waals surface area contributed by atoms with Gasteiger partial charge in [-0.1, -0.05) is 6.92 Å². The number of carbonyl (C=O) groups excluding carboxylic acids is 2. The number of aliphatic carboxylic acids is 1. The molecule has 0 saturated carbocycles. The highest BCUT2D eigenvalue weighted by Crippen LogP contribution is 2.24. The van der Waals surface area contributed by atoms with Crippen LogP contribution in [0.5, 0.6) is 0 Å². The molecule has 2 amide bonds. The van der Waals surface area contributed by atoms with Crippen molar-refractivity contribution in [2.24, 2.45) is 5.92 Å². The molecule has 0 saturated heterocycles. The smallest absolute Gasteiger partial charge is 0.308 e. The first-order chi connectivity index (χ1) is 9.88. The standard InChI is InChI=1S/C15H18N2O4/c1-9(15(20)21)8-17(2)14(19)11-3-5-12-10(7-11)4-6-13(18)16-12/h3,5,7,9H,4,6,8H2,1-2H3,(H,16,18)(H,20,21). The normalized spacial score (nSPS) is 14.9. The minimum Gasteiger partial charge on any atom is -0.481 e. The molecule has 0 bridgehead atoms. The van der Waals surface area contributed by atoms with Crippen molar-refractivity contribution in [1.29, 1.82) is 0 Å². The highest BCUT2D eigenvalue weighted by atomic mass is 16.4. The van der Waals surface area contributed by atoms with Gasteiger partial charge in [-0.05, 0) is 30.2 Å². The molecule has 1 aromatic rings. The van der Waals surface area contributed by atoms with Crippen molar-refractivity contribution < 1.29 is 19.5 Å². The molecule has 21 heavy (non-hydrogen) atoms. The van der Waals surface area contributed by atoms with E-state index in [1.54, 1.807) is 32.2 Å². The number of aryl methyl sites for hydroxylation is 1. The molecule has 1 atom stereocenters. The molecule has 1 aromatic carbocycles. The van der Waals surface area contributed by atoms with Gasteiger partial charge in [-0.25, -0.2) is 0 Å². The van der Waals surface area contributed by atoms with E-state index in [0.717, 1.165) is 11.3 Å². The minimum absolute atomic E-state index is 0.0195. The molecule has 6 nitrogen and oxygen atoms in total. The molecule has 6 heteroatoms. The Balaban J connectivity index is 2.13. The van der Waals surface area contributed by atoms with E-state index in [9.17, 15) is 14.4 Å². The summed E-state index contributed by atoms with van der Waals surface area (Å²) in [6.45, 7) is 1.72. The second-order valence-electron chi connectivity index (χ2n) is 5.35. The number of fused-ring (bicyclic) bond motifs is 1. The van der Waals surface area contributed by atoms with E-state index in [-0.39, 0.29) is 18.4 Å². The molecule has 0 radical (unpaired) electrons. The van der Waals surface area contributed by atoms with Crippen molar-refractivity contribution in [2.45, 2.75) is 19.8 Å². The summed E-state index contributed by atoms with van der Waals surface area (Å²) in [5, 5.41) is 11.6. The molecule has 1 aliphatic heterocycles. The summed E-state index contributed by atoms with van der Waals surface area (Å²) in [5.74, 6) is -1.78. The molecule has 0 aliphatic carbocycles. The van der Waals surface area contributed by atoms with Crippen molar-refractivity contribution in [2.75, 3.05) is 18.9 Å². The number of amides is 2. The van der Waals surface area contributed by atoms with Gasteiger partial charge in [-0.2, -0.15) is 0 Å². The highest BCUT2D eigenvalue weighted by molar-refractivity contribution is 5.98. The van der Waals surface area contributed by atoms with Gasteiger partial charge < -0.3 is 15.3 Å². The van der Waals surface area contributed by atoms with Gasteiger partial charge in [0.05, 0.1) is 5.92 Å². The Labute approximate surface area is 122 Å². The lowest BCUT2D eigenvalue weighted by molar-refractivity contribution is -0.141. The zero-order chi connectivity index (χ0) is 15.6. The third-order valence-electron chi connectivity index (χ3n) is 3.56. The number of nitrogens with one attached hydrogen (secondary N) is 1. The first kappa shape index (κ1) is 15.0. The molecule has 0 fully saturated rings. The van der Waals surface area contributed by atoms with Crippen LogP contribution < -0.4 is 5.32 Å². The SMILES string of the molecule is CC(CN(C)C(=O)c1ccc2c(c1)CCC(=O)N2)C(=O)O. The lowest BCUT2D eigenvalue weighted by Gasteiger charge is -2.21. The lowest BCUT2D eigenvalue weighted by atomic mass is 10.00. The van der Waals surface area contributed by atoms with Crippen molar-refractivity contribution in [3.8, 4) is 0 Å². The predicted molar refractivity (Wildman–Crippen MR) is 77.2 cm³/mol. The molecule has 2 rings (SSSR count). The van der Waals surface area contributed by atoms with Gasteiger partial charge >= 0.3 is 5.97 Å². The zero-order valence-corrected chi connectivity index (χ0v) is 12.0. The number of hydrogen-bond acceptors (Lipinski definition) is 3. The largest absolute Gasteiger partial charge is 0.481 e. The summed E-state index contributed by atoms with van der Waals surface area (Å²) in [6.07, 6.45) is 1.02. The summed E-state index contributed by atoms with van der Waals surface area (Å²) in [6, 6.07) is 5.13. The van der Waals surface area contributed by atoms with Crippen molar-refractivity contribution in [3.63, 3.8) is 0 Å². The van der Waals surface area contributed by atoms with Gasteiger partial charge in [0.25, 0.3) is 5.91 Å². The number of carboxylic acid groups (broad SMARTS) is 1. The number of anilines is 1. The maximum Gasteiger partial charge on any atom is 0.308 e. The predicted octanol–water partition coefficient (Wildman–Crippen LogP) is 1.36. The van der Waals surface area contributed by atoms with E-state index in [0.29, 0.717) is 18.4 Å². The molecular formula is C15H18N2O4. The Bertz CT molecular complexity index is 597. The average molecular weight is 290 g/mol.